The fourth-order valence-electron chi connectivity index (χ4n) is 5.85. The summed E-state index contributed by atoms with van der Waals surface area (Å²) in [7, 11) is 0. The number of rotatable bonds is 0. The molecule has 0 nitrogen and oxygen atoms in total. The molecule has 4 bridgehead atoms. The van der Waals surface area contributed by atoms with Gasteiger partial charge in [0.1, 0.15) is 5.67 Å². The summed E-state index contributed by atoms with van der Waals surface area (Å²) in [6.45, 7) is 1.87. The summed E-state index contributed by atoms with van der Waals surface area (Å²) in [5.41, 5.74) is -0.795. The first-order valence-electron chi connectivity index (χ1n) is 6.36. The molecule has 0 radical (unpaired) electrons. The van der Waals surface area contributed by atoms with Gasteiger partial charge < -0.3 is 0 Å². The number of fused-ring (bicyclic) bond motifs is 9. The molecule has 4 fully saturated rings. The van der Waals surface area contributed by atoms with Crippen LogP contribution in [0.25, 0.3) is 0 Å². The molecule has 7 atom stereocenters. The molecule has 4 aliphatic carbocycles. The quantitative estimate of drug-likeness (QED) is 0.518. The molecular formula is C13H19F. The SMILES string of the molecule is CC1(F)CC2CC1C1C3CCC(C3)C21. The summed E-state index contributed by atoms with van der Waals surface area (Å²) in [4.78, 5) is 0. The summed E-state index contributed by atoms with van der Waals surface area (Å²) >= 11 is 0. The predicted octanol–water partition coefficient (Wildman–Crippen LogP) is 3.42. The van der Waals surface area contributed by atoms with Gasteiger partial charge in [0.15, 0.2) is 0 Å². The monoisotopic (exact) mass is 194 g/mol. The van der Waals surface area contributed by atoms with Crippen molar-refractivity contribution in [3.8, 4) is 0 Å². The molecular weight excluding hydrogens is 175 g/mol. The minimum absolute atomic E-state index is 0.452. The summed E-state index contributed by atoms with van der Waals surface area (Å²) in [6, 6.07) is 0. The predicted molar refractivity (Wildman–Crippen MR) is 53.5 cm³/mol. The minimum atomic E-state index is -0.795. The van der Waals surface area contributed by atoms with Crippen molar-refractivity contribution < 1.29 is 4.39 Å². The molecule has 14 heavy (non-hydrogen) atoms. The van der Waals surface area contributed by atoms with Crippen molar-refractivity contribution >= 4 is 0 Å². The van der Waals surface area contributed by atoms with E-state index in [0.717, 1.165) is 36.0 Å². The van der Waals surface area contributed by atoms with E-state index in [9.17, 15) is 4.39 Å². The Bertz CT molecular complexity index is 283. The second kappa shape index (κ2) is 2.20. The Hall–Kier alpha value is -0.0700. The molecule has 0 spiro atoms. The van der Waals surface area contributed by atoms with Gasteiger partial charge in [0.05, 0.1) is 0 Å². The first-order valence-corrected chi connectivity index (χ1v) is 6.36. The van der Waals surface area contributed by atoms with E-state index >= 15 is 0 Å². The van der Waals surface area contributed by atoms with E-state index in [0.29, 0.717) is 5.92 Å². The van der Waals surface area contributed by atoms with E-state index in [1.807, 2.05) is 6.92 Å². The van der Waals surface area contributed by atoms with E-state index < -0.39 is 5.67 Å². The van der Waals surface area contributed by atoms with E-state index in [-0.39, 0.29) is 0 Å². The van der Waals surface area contributed by atoms with Gasteiger partial charge in [-0.05, 0) is 74.5 Å². The van der Waals surface area contributed by atoms with Crippen molar-refractivity contribution in [3.05, 3.63) is 0 Å². The van der Waals surface area contributed by atoms with Gasteiger partial charge in [-0.15, -0.1) is 0 Å². The van der Waals surface area contributed by atoms with Crippen LogP contribution in [0.2, 0.25) is 0 Å². The third-order valence-corrected chi connectivity index (χ3v) is 6.05. The second-order valence-electron chi connectivity index (χ2n) is 6.57. The van der Waals surface area contributed by atoms with Crippen LogP contribution in [0.4, 0.5) is 4.39 Å². The van der Waals surface area contributed by atoms with Crippen LogP contribution in [0.3, 0.4) is 0 Å². The Morgan fingerprint density at radius 1 is 1.00 bits per heavy atom. The van der Waals surface area contributed by atoms with Gasteiger partial charge in [-0.3, -0.25) is 0 Å². The molecule has 4 rings (SSSR count). The van der Waals surface area contributed by atoms with Crippen LogP contribution in [-0.2, 0) is 0 Å². The average molecular weight is 194 g/mol. The first kappa shape index (κ1) is 8.13. The van der Waals surface area contributed by atoms with Crippen molar-refractivity contribution in [2.75, 3.05) is 0 Å². The lowest BCUT2D eigenvalue weighted by molar-refractivity contribution is 0.0152. The van der Waals surface area contributed by atoms with Gasteiger partial charge in [0, 0.05) is 0 Å². The molecule has 0 aromatic carbocycles. The Kier molecular flexibility index (Phi) is 1.28. The molecule has 0 amide bonds. The van der Waals surface area contributed by atoms with Gasteiger partial charge in [-0.1, -0.05) is 0 Å². The number of halogens is 1. The van der Waals surface area contributed by atoms with Gasteiger partial charge in [-0.2, -0.15) is 0 Å². The molecule has 0 heterocycles. The first-order chi connectivity index (χ1) is 6.67. The minimum Gasteiger partial charge on any atom is -0.244 e. The van der Waals surface area contributed by atoms with Gasteiger partial charge in [-0.25, -0.2) is 4.39 Å². The highest BCUT2D eigenvalue weighted by molar-refractivity contribution is 5.14. The van der Waals surface area contributed by atoms with Crippen LogP contribution in [0.1, 0.15) is 39.0 Å². The van der Waals surface area contributed by atoms with Crippen molar-refractivity contribution in [3.63, 3.8) is 0 Å². The van der Waals surface area contributed by atoms with Crippen molar-refractivity contribution in [2.45, 2.75) is 44.7 Å². The van der Waals surface area contributed by atoms with Crippen molar-refractivity contribution in [2.24, 2.45) is 35.5 Å². The fraction of sp³-hybridized carbons (Fsp3) is 1.00. The second-order valence-corrected chi connectivity index (χ2v) is 6.57. The molecule has 4 saturated carbocycles. The molecule has 7 unspecified atom stereocenters. The zero-order valence-electron chi connectivity index (χ0n) is 8.88. The van der Waals surface area contributed by atoms with Crippen LogP contribution < -0.4 is 0 Å². The van der Waals surface area contributed by atoms with Gasteiger partial charge >= 0.3 is 0 Å². The van der Waals surface area contributed by atoms with E-state index in [4.69, 9.17) is 0 Å². The highest BCUT2D eigenvalue weighted by Crippen LogP contribution is 2.70. The van der Waals surface area contributed by atoms with E-state index in [1.165, 1.54) is 25.7 Å². The average Bonchev–Trinajstić information content (AvgIpc) is 2.73. The maximum atomic E-state index is 14.3. The smallest absolute Gasteiger partial charge is 0.111 e. The van der Waals surface area contributed by atoms with Crippen LogP contribution in [-0.4, -0.2) is 5.67 Å². The third-order valence-electron chi connectivity index (χ3n) is 6.05. The lowest BCUT2D eigenvalue weighted by Crippen LogP contribution is -2.39. The zero-order valence-corrected chi connectivity index (χ0v) is 8.88. The largest absolute Gasteiger partial charge is 0.244 e. The van der Waals surface area contributed by atoms with Crippen LogP contribution >= 0.6 is 0 Å². The summed E-state index contributed by atoms with van der Waals surface area (Å²) in [5, 5.41) is 0. The van der Waals surface area contributed by atoms with Crippen molar-refractivity contribution in [1.82, 2.24) is 0 Å². The maximum absolute atomic E-state index is 14.3. The van der Waals surface area contributed by atoms with Crippen LogP contribution in [0.5, 0.6) is 0 Å². The van der Waals surface area contributed by atoms with Crippen molar-refractivity contribution in [1.29, 1.82) is 0 Å². The normalized spacial score (nSPS) is 69.0. The molecule has 0 aliphatic heterocycles. The number of hydrogen-bond acceptors (Lipinski definition) is 0. The highest BCUT2D eigenvalue weighted by Gasteiger charge is 2.65. The van der Waals surface area contributed by atoms with Gasteiger partial charge in [0.25, 0.3) is 0 Å². The van der Waals surface area contributed by atoms with E-state index in [1.54, 1.807) is 0 Å². The molecule has 0 aromatic heterocycles. The molecule has 4 aliphatic rings. The highest BCUT2D eigenvalue weighted by atomic mass is 19.1. The number of alkyl halides is 1. The van der Waals surface area contributed by atoms with Gasteiger partial charge in [0.2, 0.25) is 0 Å². The summed E-state index contributed by atoms with van der Waals surface area (Å²) < 4.78 is 14.3. The van der Waals surface area contributed by atoms with E-state index in [2.05, 4.69) is 0 Å². The Morgan fingerprint density at radius 3 is 2.50 bits per heavy atom. The van der Waals surface area contributed by atoms with Crippen LogP contribution in [0.15, 0.2) is 0 Å². The third kappa shape index (κ3) is 0.739. The maximum Gasteiger partial charge on any atom is 0.111 e. The standard InChI is InChI=1S/C13H19F/c1-13(14)6-9-5-10(13)12-8-3-2-7(4-8)11(9)12/h7-12H,2-6H2,1H3. The topological polar surface area (TPSA) is 0 Å². The Balaban J connectivity index is 1.75. The molecule has 78 valence electrons. The molecule has 0 aromatic rings. The molecule has 0 N–H and O–H groups in total. The molecule has 1 heteroatoms. The lowest BCUT2D eigenvalue weighted by atomic mass is 9.67. The zero-order chi connectivity index (χ0) is 9.50. The fourth-order valence-corrected chi connectivity index (χ4v) is 5.85. The lowest BCUT2D eigenvalue weighted by Gasteiger charge is -2.40. The van der Waals surface area contributed by atoms with Crippen LogP contribution in [0, 0.1) is 35.5 Å². The number of hydrogen-bond donors (Lipinski definition) is 0. The Labute approximate surface area is 85.3 Å². The molecule has 0 saturated heterocycles. The Morgan fingerprint density at radius 2 is 1.71 bits per heavy atom. The summed E-state index contributed by atoms with van der Waals surface area (Å²) in [5.74, 6) is 4.93. The summed E-state index contributed by atoms with van der Waals surface area (Å²) in [6.07, 6.45) is 6.47.